The second kappa shape index (κ2) is 6.58. The van der Waals surface area contributed by atoms with Crippen LogP contribution in [-0.2, 0) is 27.9 Å². The van der Waals surface area contributed by atoms with Gasteiger partial charge in [0.1, 0.15) is 5.60 Å². The summed E-state index contributed by atoms with van der Waals surface area (Å²) in [5, 5.41) is 4.15. The van der Waals surface area contributed by atoms with E-state index in [0.29, 0.717) is 24.9 Å². The third kappa shape index (κ3) is 3.05. The number of ether oxygens (including phenoxy) is 2. The Morgan fingerprint density at radius 1 is 1.18 bits per heavy atom. The summed E-state index contributed by atoms with van der Waals surface area (Å²) in [5.74, 6) is 1.32. The predicted octanol–water partition coefficient (Wildman–Crippen LogP) is 2.82. The van der Waals surface area contributed by atoms with Crippen molar-refractivity contribution in [3.05, 3.63) is 47.1 Å². The second-order valence-corrected chi connectivity index (χ2v) is 5.75. The lowest BCUT2D eigenvalue weighted by Crippen LogP contribution is -2.36. The molecule has 1 fully saturated rings. The lowest BCUT2D eigenvalue weighted by molar-refractivity contribution is -0.101. The zero-order valence-corrected chi connectivity index (χ0v) is 13.2. The van der Waals surface area contributed by atoms with E-state index in [1.54, 1.807) is 7.11 Å². The smallest absolute Gasteiger partial charge is 0.227 e. The van der Waals surface area contributed by atoms with Crippen LogP contribution in [0.15, 0.2) is 28.8 Å². The van der Waals surface area contributed by atoms with Crippen molar-refractivity contribution >= 4 is 0 Å². The fourth-order valence-corrected chi connectivity index (χ4v) is 2.89. The Morgan fingerprint density at radius 2 is 1.95 bits per heavy atom. The van der Waals surface area contributed by atoms with Gasteiger partial charge in [-0.1, -0.05) is 29.4 Å². The van der Waals surface area contributed by atoms with Crippen LogP contribution in [-0.4, -0.2) is 30.5 Å². The van der Waals surface area contributed by atoms with Crippen LogP contribution in [0.1, 0.15) is 35.7 Å². The van der Waals surface area contributed by atoms with Gasteiger partial charge in [-0.2, -0.15) is 4.98 Å². The summed E-state index contributed by atoms with van der Waals surface area (Å²) in [7, 11) is 1.70. The number of aromatic nitrogens is 2. The fraction of sp³-hybridized carbons (Fsp3) is 0.529. The molecule has 0 radical (unpaired) electrons. The lowest BCUT2D eigenvalue weighted by atomic mass is 9.93. The molecule has 118 valence electrons. The van der Waals surface area contributed by atoms with E-state index in [9.17, 15) is 0 Å². The standard InChI is InChI=1S/C17H22N2O3/c1-13-5-3-4-6-14(13)7-8-15-18-16(19-22-15)17(20-2)9-11-21-12-10-17/h3-6H,7-12H2,1-2H3. The molecule has 1 aromatic carbocycles. The topological polar surface area (TPSA) is 57.4 Å². The summed E-state index contributed by atoms with van der Waals surface area (Å²) in [5.41, 5.74) is 2.15. The molecule has 2 heterocycles. The Labute approximate surface area is 130 Å². The fourth-order valence-electron chi connectivity index (χ4n) is 2.89. The minimum Gasteiger partial charge on any atom is -0.381 e. The number of benzene rings is 1. The van der Waals surface area contributed by atoms with Gasteiger partial charge in [-0.25, -0.2) is 0 Å². The molecule has 0 bridgehead atoms. The van der Waals surface area contributed by atoms with Crippen LogP contribution in [0.4, 0.5) is 0 Å². The third-order valence-electron chi connectivity index (χ3n) is 4.44. The molecule has 1 aliphatic rings. The molecule has 0 aliphatic carbocycles. The maximum Gasteiger partial charge on any atom is 0.227 e. The Balaban J connectivity index is 1.69. The van der Waals surface area contributed by atoms with E-state index >= 15 is 0 Å². The van der Waals surface area contributed by atoms with Gasteiger partial charge >= 0.3 is 0 Å². The molecule has 0 amide bonds. The summed E-state index contributed by atoms with van der Waals surface area (Å²) in [6.07, 6.45) is 3.17. The van der Waals surface area contributed by atoms with Crippen molar-refractivity contribution < 1.29 is 14.0 Å². The first-order chi connectivity index (χ1) is 10.7. The Hall–Kier alpha value is -1.72. The van der Waals surface area contributed by atoms with E-state index in [1.807, 2.05) is 0 Å². The van der Waals surface area contributed by atoms with Gasteiger partial charge in [0.15, 0.2) is 0 Å². The molecule has 3 rings (SSSR count). The summed E-state index contributed by atoms with van der Waals surface area (Å²) in [6.45, 7) is 3.46. The lowest BCUT2D eigenvalue weighted by Gasteiger charge is -2.32. The van der Waals surface area contributed by atoms with Gasteiger partial charge in [-0.15, -0.1) is 0 Å². The molecule has 2 aromatic rings. The van der Waals surface area contributed by atoms with Crippen molar-refractivity contribution in [1.82, 2.24) is 10.1 Å². The summed E-state index contributed by atoms with van der Waals surface area (Å²) >= 11 is 0. The van der Waals surface area contributed by atoms with Crippen LogP contribution in [0.25, 0.3) is 0 Å². The van der Waals surface area contributed by atoms with E-state index in [0.717, 1.165) is 25.7 Å². The van der Waals surface area contributed by atoms with Crippen molar-refractivity contribution in [1.29, 1.82) is 0 Å². The monoisotopic (exact) mass is 302 g/mol. The number of nitrogens with zero attached hydrogens (tertiary/aromatic N) is 2. The van der Waals surface area contributed by atoms with Crippen molar-refractivity contribution in [2.75, 3.05) is 20.3 Å². The van der Waals surface area contributed by atoms with Gasteiger partial charge in [0.2, 0.25) is 11.7 Å². The summed E-state index contributed by atoms with van der Waals surface area (Å²) in [6, 6.07) is 8.37. The predicted molar refractivity (Wildman–Crippen MR) is 81.6 cm³/mol. The van der Waals surface area contributed by atoms with Crippen LogP contribution in [0.2, 0.25) is 0 Å². The highest BCUT2D eigenvalue weighted by atomic mass is 16.5. The number of methoxy groups -OCH3 is 1. The maximum atomic E-state index is 5.70. The maximum absolute atomic E-state index is 5.70. The highest BCUT2D eigenvalue weighted by Crippen LogP contribution is 2.33. The largest absolute Gasteiger partial charge is 0.381 e. The Bertz CT molecular complexity index is 618. The van der Waals surface area contributed by atoms with Gasteiger partial charge in [0.05, 0.1) is 0 Å². The zero-order chi connectivity index (χ0) is 15.4. The first-order valence-corrected chi connectivity index (χ1v) is 7.74. The van der Waals surface area contributed by atoms with E-state index in [1.165, 1.54) is 11.1 Å². The van der Waals surface area contributed by atoms with Gasteiger partial charge in [0.25, 0.3) is 0 Å². The molecular formula is C17H22N2O3. The zero-order valence-electron chi connectivity index (χ0n) is 13.2. The van der Waals surface area contributed by atoms with E-state index in [2.05, 4.69) is 41.3 Å². The molecule has 0 unspecified atom stereocenters. The summed E-state index contributed by atoms with van der Waals surface area (Å²) in [4.78, 5) is 4.56. The van der Waals surface area contributed by atoms with E-state index < -0.39 is 5.60 Å². The Kier molecular flexibility index (Phi) is 4.55. The SMILES string of the molecule is COC1(c2noc(CCc3ccccc3C)n2)CCOCC1. The average Bonchev–Trinajstić information content (AvgIpc) is 3.04. The molecule has 1 aliphatic heterocycles. The Morgan fingerprint density at radius 3 is 2.68 bits per heavy atom. The van der Waals surface area contributed by atoms with Gasteiger partial charge in [0, 0.05) is 39.6 Å². The first kappa shape index (κ1) is 15.2. The van der Waals surface area contributed by atoms with Crippen LogP contribution >= 0.6 is 0 Å². The van der Waals surface area contributed by atoms with E-state index in [-0.39, 0.29) is 0 Å². The minimum absolute atomic E-state index is 0.456. The molecule has 1 saturated heterocycles. The van der Waals surface area contributed by atoms with Crippen LogP contribution in [0.5, 0.6) is 0 Å². The van der Waals surface area contributed by atoms with Crippen LogP contribution < -0.4 is 0 Å². The van der Waals surface area contributed by atoms with Crippen LogP contribution in [0, 0.1) is 6.92 Å². The molecule has 1 aromatic heterocycles. The molecule has 0 saturated carbocycles. The minimum atomic E-state index is -0.456. The van der Waals surface area contributed by atoms with Gasteiger partial charge < -0.3 is 14.0 Å². The molecule has 0 atom stereocenters. The second-order valence-electron chi connectivity index (χ2n) is 5.75. The molecule has 5 nitrogen and oxygen atoms in total. The quantitative estimate of drug-likeness (QED) is 0.850. The average molecular weight is 302 g/mol. The van der Waals surface area contributed by atoms with Crippen molar-refractivity contribution in [3.8, 4) is 0 Å². The summed E-state index contributed by atoms with van der Waals surface area (Å²) < 4.78 is 16.5. The normalized spacial score (nSPS) is 17.5. The van der Waals surface area contributed by atoms with Crippen molar-refractivity contribution in [2.24, 2.45) is 0 Å². The first-order valence-electron chi connectivity index (χ1n) is 7.74. The van der Waals surface area contributed by atoms with Gasteiger partial charge in [-0.05, 0) is 24.5 Å². The van der Waals surface area contributed by atoms with Crippen molar-refractivity contribution in [2.45, 2.75) is 38.2 Å². The number of hydrogen-bond acceptors (Lipinski definition) is 5. The molecule has 22 heavy (non-hydrogen) atoms. The third-order valence-corrected chi connectivity index (χ3v) is 4.44. The number of aryl methyl sites for hydroxylation is 3. The number of hydrogen-bond donors (Lipinski definition) is 0. The molecule has 0 spiro atoms. The highest BCUT2D eigenvalue weighted by Gasteiger charge is 2.39. The molecule has 0 N–H and O–H groups in total. The highest BCUT2D eigenvalue weighted by molar-refractivity contribution is 5.25. The molecule has 5 heteroatoms. The van der Waals surface area contributed by atoms with Crippen molar-refractivity contribution in [3.63, 3.8) is 0 Å². The van der Waals surface area contributed by atoms with Gasteiger partial charge in [-0.3, -0.25) is 0 Å². The number of rotatable bonds is 5. The van der Waals surface area contributed by atoms with E-state index in [4.69, 9.17) is 14.0 Å². The molecular weight excluding hydrogens is 280 g/mol. The van der Waals surface area contributed by atoms with Crippen LogP contribution in [0.3, 0.4) is 0 Å².